The Morgan fingerprint density at radius 1 is 1.73 bits per heavy atom. The zero-order chi connectivity index (χ0) is 8.85. The van der Waals surface area contributed by atoms with Crippen molar-refractivity contribution in [3.8, 4) is 0 Å². The Morgan fingerprint density at radius 3 is 2.64 bits per heavy atom. The van der Waals surface area contributed by atoms with Crippen LogP contribution in [0.1, 0.15) is 20.3 Å². The number of hydrogen-bond acceptors (Lipinski definition) is 3. The minimum Gasteiger partial charge on any atom is -0.462 e. The molecule has 0 bridgehead atoms. The molecule has 3 nitrogen and oxygen atoms in total. The van der Waals surface area contributed by atoms with Crippen LogP contribution in [0.5, 0.6) is 0 Å². The van der Waals surface area contributed by atoms with Crippen LogP contribution in [0.15, 0.2) is 12.2 Å². The topological polar surface area (TPSA) is 46.5 Å². The van der Waals surface area contributed by atoms with Crippen molar-refractivity contribution in [2.45, 2.75) is 26.4 Å². The van der Waals surface area contributed by atoms with Gasteiger partial charge in [0.05, 0.1) is 12.7 Å². The highest BCUT2D eigenvalue weighted by Crippen LogP contribution is 1.95. The van der Waals surface area contributed by atoms with Crippen molar-refractivity contribution in [2.24, 2.45) is 0 Å². The highest BCUT2D eigenvalue weighted by atomic mass is 16.5. The Bertz CT molecular complexity index is 149. The van der Waals surface area contributed by atoms with Gasteiger partial charge in [-0.05, 0) is 13.8 Å². The lowest BCUT2D eigenvalue weighted by atomic mass is 10.3. The van der Waals surface area contributed by atoms with Gasteiger partial charge in [0.25, 0.3) is 0 Å². The summed E-state index contributed by atoms with van der Waals surface area (Å²) in [5.41, 5.74) is 0.385. The summed E-state index contributed by atoms with van der Waals surface area (Å²) in [7, 11) is 0. The smallest absolute Gasteiger partial charge is 0.333 e. The second kappa shape index (κ2) is 4.91. The molecule has 1 N–H and O–H groups in total. The molecular weight excluding hydrogens is 144 g/mol. The lowest BCUT2D eigenvalue weighted by Crippen LogP contribution is -2.10. The fourth-order valence-electron chi connectivity index (χ4n) is 0.445. The van der Waals surface area contributed by atoms with Crippen molar-refractivity contribution in [1.82, 2.24) is 0 Å². The molecule has 0 saturated heterocycles. The number of hydrogen-bond donors (Lipinski definition) is 1. The monoisotopic (exact) mass is 158 g/mol. The van der Waals surface area contributed by atoms with E-state index in [0.717, 1.165) is 0 Å². The summed E-state index contributed by atoms with van der Waals surface area (Å²) in [6, 6.07) is 0. The number of ether oxygens (including phenoxy) is 1. The maximum absolute atomic E-state index is 10.7. The first-order chi connectivity index (χ1) is 5.04. The van der Waals surface area contributed by atoms with E-state index in [2.05, 4.69) is 6.58 Å². The molecule has 11 heavy (non-hydrogen) atoms. The second-order valence-electron chi connectivity index (χ2n) is 2.55. The molecule has 3 heteroatoms. The van der Waals surface area contributed by atoms with Gasteiger partial charge in [-0.15, -0.1) is 0 Å². The minimum absolute atomic E-state index is 0.253. The third kappa shape index (κ3) is 5.61. The molecule has 0 aromatic carbocycles. The Labute approximate surface area is 66.7 Å². The quantitative estimate of drug-likeness (QED) is 0.488. The van der Waals surface area contributed by atoms with Crippen LogP contribution < -0.4 is 0 Å². The van der Waals surface area contributed by atoms with Crippen molar-refractivity contribution < 1.29 is 14.6 Å². The number of rotatable bonds is 4. The molecule has 0 unspecified atom stereocenters. The lowest BCUT2D eigenvalue weighted by molar-refractivity contribution is -0.139. The van der Waals surface area contributed by atoms with Crippen molar-refractivity contribution >= 4 is 5.97 Å². The van der Waals surface area contributed by atoms with Gasteiger partial charge in [-0.3, -0.25) is 0 Å². The number of esters is 1. The molecule has 0 aliphatic carbocycles. The summed E-state index contributed by atoms with van der Waals surface area (Å²) >= 11 is 0. The molecule has 0 aromatic rings. The average Bonchev–Trinajstić information content (AvgIpc) is 1.86. The first-order valence-electron chi connectivity index (χ1n) is 3.54. The summed E-state index contributed by atoms with van der Waals surface area (Å²) in [5.74, 6) is -0.398. The standard InChI is InChI=1S/C8H14O3/c1-6(2)8(10)11-5-4-7(3)9/h7,9H,1,4-5H2,2-3H3/t7-/m0/s1. The van der Waals surface area contributed by atoms with Gasteiger partial charge in [0, 0.05) is 12.0 Å². The van der Waals surface area contributed by atoms with Crippen LogP contribution >= 0.6 is 0 Å². The first-order valence-corrected chi connectivity index (χ1v) is 3.54. The molecule has 0 aliphatic heterocycles. The molecule has 64 valence electrons. The first kappa shape index (κ1) is 10.2. The van der Waals surface area contributed by atoms with Crippen molar-refractivity contribution in [2.75, 3.05) is 6.61 Å². The van der Waals surface area contributed by atoms with E-state index >= 15 is 0 Å². The molecule has 0 amide bonds. The summed E-state index contributed by atoms with van der Waals surface area (Å²) in [4.78, 5) is 10.7. The largest absolute Gasteiger partial charge is 0.462 e. The van der Waals surface area contributed by atoms with E-state index in [9.17, 15) is 4.79 Å². The highest BCUT2D eigenvalue weighted by molar-refractivity contribution is 5.86. The van der Waals surface area contributed by atoms with Crippen LogP contribution in [0.4, 0.5) is 0 Å². The van der Waals surface area contributed by atoms with Crippen molar-refractivity contribution in [3.05, 3.63) is 12.2 Å². The predicted molar refractivity (Wildman–Crippen MR) is 42.1 cm³/mol. The van der Waals surface area contributed by atoms with E-state index in [1.807, 2.05) is 0 Å². The van der Waals surface area contributed by atoms with Gasteiger partial charge in [0.15, 0.2) is 0 Å². The lowest BCUT2D eigenvalue weighted by Gasteiger charge is -2.05. The van der Waals surface area contributed by atoms with E-state index < -0.39 is 12.1 Å². The van der Waals surface area contributed by atoms with Gasteiger partial charge in [0.1, 0.15) is 0 Å². The molecular formula is C8H14O3. The van der Waals surface area contributed by atoms with Gasteiger partial charge >= 0.3 is 5.97 Å². The Hall–Kier alpha value is -0.830. The van der Waals surface area contributed by atoms with Crippen molar-refractivity contribution in [3.63, 3.8) is 0 Å². The van der Waals surface area contributed by atoms with E-state index in [1.54, 1.807) is 13.8 Å². The summed E-state index contributed by atoms with van der Waals surface area (Å²) in [6.45, 7) is 6.90. The van der Waals surface area contributed by atoms with Crippen LogP contribution in [0.2, 0.25) is 0 Å². The third-order valence-electron chi connectivity index (χ3n) is 1.12. The molecule has 0 saturated carbocycles. The van der Waals surface area contributed by atoms with E-state index in [1.165, 1.54) is 0 Å². The maximum atomic E-state index is 10.7. The SMILES string of the molecule is C=C(C)C(=O)OCC[C@H](C)O. The number of aliphatic hydroxyl groups is 1. The zero-order valence-corrected chi connectivity index (χ0v) is 6.96. The fourth-order valence-corrected chi connectivity index (χ4v) is 0.445. The van der Waals surface area contributed by atoms with Crippen molar-refractivity contribution in [1.29, 1.82) is 0 Å². The molecule has 0 radical (unpaired) electrons. The second-order valence-corrected chi connectivity index (χ2v) is 2.55. The normalized spacial score (nSPS) is 12.3. The Morgan fingerprint density at radius 2 is 2.27 bits per heavy atom. The third-order valence-corrected chi connectivity index (χ3v) is 1.12. The molecule has 0 fully saturated rings. The molecule has 0 aliphatic rings. The molecule has 0 heterocycles. The Balaban J connectivity index is 3.40. The summed E-state index contributed by atoms with van der Waals surface area (Å²) in [6.07, 6.45) is 0.0480. The van der Waals surface area contributed by atoms with Gasteiger partial charge < -0.3 is 9.84 Å². The number of aliphatic hydroxyl groups excluding tert-OH is 1. The van der Waals surface area contributed by atoms with Gasteiger partial charge in [-0.25, -0.2) is 4.79 Å². The number of carbonyl (C=O) groups is 1. The minimum atomic E-state index is -0.423. The van der Waals surface area contributed by atoms with Gasteiger partial charge in [-0.2, -0.15) is 0 Å². The summed E-state index contributed by atoms with van der Waals surface area (Å²) < 4.78 is 4.72. The molecule has 0 aromatic heterocycles. The maximum Gasteiger partial charge on any atom is 0.333 e. The van der Waals surface area contributed by atoms with E-state index in [0.29, 0.717) is 12.0 Å². The fraction of sp³-hybridized carbons (Fsp3) is 0.625. The highest BCUT2D eigenvalue weighted by Gasteiger charge is 2.03. The van der Waals surface area contributed by atoms with E-state index in [-0.39, 0.29) is 6.61 Å². The van der Waals surface area contributed by atoms with Crippen LogP contribution in [0.3, 0.4) is 0 Å². The van der Waals surface area contributed by atoms with Gasteiger partial charge in [-0.1, -0.05) is 6.58 Å². The predicted octanol–water partition coefficient (Wildman–Crippen LogP) is 0.877. The van der Waals surface area contributed by atoms with E-state index in [4.69, 9.17) is 9.84 Å². The number of carbonyl (C=O) groups excluding carboxylic acids is 1. The Kier molecular flexibility index (Phi) is 4.54. The molecule has 0 spiro atoms. The zero-order valence-electron chi connectivity index (χ0n) is 6.96. The average molecular weight is 158 g/mol. The molecule has 0 rings (SSSR count). The van der Waals surface area contributed by atoms with Crippen LogP contribution in [0.25, 0.3) is 0 Å². The van der Waals surface area contributed by atoms with Crippen LogP contribution in [0, 0.1) is 0 Å². The molecule has 1 atom stereocenters. The summed E-state index contributed by atoms with van der Waals surface area (Å²) in [5, 5.41) is 8.79. The van der Waals surface area contributed by atoms with Crippen LogP contribution in [-0.2, 0) is 9.53 Å². The van der Waals surface area contributed by atoms with Crippen LogP contribution in [-0.4, -0.2) is 23.8 Å². The van der Waals surface area contributed by atoms with Gasteiger partial charge in [0.2, 0.25) is 0 Å².